The van der Waals surface area contributed by atoms with E-state index in [0.717, 1.165) is 6.42 Å². The largest absolute Gasteiger partial charge is 1.00 e. The normalized spacial score (nSPS) is 11.0. The number of unbranched alkanes of at least 4 members (excludes halogenated alkanes) is 11. The van der Waals surface area contributed by atoms with Gasteiger partial charge < -0.3 is 22.9 Å². The molecule has 4 N–H and O–H groups in total. The molecule has 0 radical (unpaired) electrons. The molecule has 0 saturated carbocycles. The van der Waals surface area contributed by atoms with E-state index in [-0.39, 0.29) is 42.4 Å². The maximum atomic E-state index is 9.99. The fourth-order valence-electron chi connectivity index (χ4n) is 2.24. The molecule has 144 valence electrons. The standard InChI is InChI=1S/C14H29.C5H9NO4.Na/c1-3-5-7-9-11-13-14-12-10-8-6-4-2;6-3(5(9)10)1-2-4(7)8;/h1,3-14H2,2H3;3H,1-2,6H2,(H,7,8)(H,9,10);/q-1;;+1. The van der Waals surface area contributed by atoms with Gasteiger partial charge in [0.2, 0.25) is 0 Å². The van der Waals surface area contributed by atoms with E-state index < -0.39 is 18.0 Å². The maximum absolute atomic E-state index is 9.99. The molecule has 0 aliphatic rings. The fraction of sp³-hybridized carbons (Fsp3) is 0.842. The summed E-state index contributed by atoms with van der Waals surface area (Å²) in [7, 11) is 0. The number of hydrogen-bond acceptors (Lipinski definition) is 3. The Kier molecular flexibility index (Phi) is 28.4. The van der Waals surface area contributed by atoms with Crippen molar-refractivity contribution in [1.29, 1.82) is 0 Å². The van der Waals surface area contributed by atoms with Gasteiger partial charge in [0, 0.05) is 6.42 Å². The van der Waals surface area contributed by atoms with Crippen LogP contribution in [0.25, 0.3) is 0 Å². The zero-order chi connectivity index (χ0) is 18.6. The van der Waals surface area contributed by atoms with E-state index in [0.29, 0.717) is 0 Å². The third-order valence-corrected chi connectivity index (χ3v) is 3.84. The second kappa shape index (κ2) is 23.9. The SMILES string of the molecule is NC(CCC(=O)O)C(=O)O.[CH2-]CCCCCCCCCCCCC.[Na+]. The summed E-state index contributed by atoms with van der Waals surface area (Å²) in [5.74, 6) is -2.20. The molecule has 0 bridgehead atoms. The first-order chi connectivity index (χ1) is 11.5. The summed E-state index contributed by atoms with van der Waals surface area (Å²) in [5.41, 5.74) is 5.00. The van der Waals surface area contributed by atoms with Crippen LogP contribution in [0.4, 0.5) is 0 Å². The molecule has 0 amide bonds. The van der Waals surface area contributed by atoms with Crippen LogP contribution in [0.15, 0.2) is 0 Å². The fourth-order valence-corrected chi connectivity index (χ4v) is 2.24. The average Bonchev–Trinajstić information content (AvgIpc) is 2.55. The Labute approximate surface area is 176 Å². The van der Waals surface area contributed by atoms with Crippen LogP contribution in [-0.4, -0.2) is 28.2 Å². The summed E-state index contributed by atoms with van der Waals surface area (Å²) in [4.78, 5) is 19.9. The Morgan fingerprint density at radius 1 is 0.880 bits per heavy atom. The number of rotatable bonds is 15. The Balaban J connectivity index is -0.000000392. The summed E-state index contributed by atoms with van der Waals surface area (Å²) < 4.78 is 0. The third-order valence-electron chi connectivity index (χ3n) is 3.84. The van der Waals surface area contributed by atoms with Crippen molar-refractivity contribution in [2.45, 2.75) is 103 Å². The number of carboxylic acids is 2. The number of hydrogen-bond donors (Lipinski definition) is 3. The van der Waals surface area contributed by atoms with Gasteiger partial charge in [0.25, 0.3) is 0 Å². The van der Waals surface area contributed by atoms with Crippen molar-refractivity contribution in [3.05, 3.63) is 6.92 Å². The Bertz CT molecular complexity index is 289. The number of aliphatic carboxylic acids is 2. The van der Waals surface area contributed by atoms with Crippen LogP contribution >= 0.6 is 0 Å². The molecule has 0 spiro atoms. The summed E-state index contributed by atoms with van der Waals surface area (Å²) in [6.07, 6.45) is 16.6. The van der Waals surface area contributed by atoms with Gasteiger partial charge in [-0.05, 0) is 6.42 Å². The van der Waals surface area contributed by atoms with Gasteiger partial charge in [-0.25, -0.2) is 0 Å². The van der Waals surface area contributed by atoms with Gasteiger partial charge in [0.1, 0.15) is 6.04 Å². The summed E-state index contributed by atoms with van der Waals surface area (Å²) >= 11 is 0. The van der Waals surface area contributed by atoms with Crippen molar-refractivity contribution >= 4 is 11.9 Å². The first kappa shape index (κ1) is 29.7. The average molecular weight is 368 g/mol. The van der Waals surface area contributed by atoms with Crippen LogP contribution in [0.2, 0.25) is 0 Å². The molecule has 25 heavy (non-hydrogen) atoms. The topological polar surface area (TPSA) is 101 Å². The Morgan fingerprint density at radius 3 is 1.60 bits per heavy atom. The van der Waals surface area contributed by atoms with Gasteiger partial charge in [-0.15, -0.1) is 0 Å². The van der Waals surface area contributed by atoms with Crippen molar-refractivity contribution in [1.82, 2.24) is 0 Å². The molecule has 6 heteroatoms. The molecule has 1 atom stereocenters. The molecule has 0 aromatic carbocycles. The molecule has 0 aliphatic carbocycles. The second-order valence-corrected chi connectivity index (χ2v) is 6.27. The van der Waals surface area contributed by atoms with Crippen LogP contribution < -0.4 is 35.3 Å². The molecular weight excluding hydrogens is 329 g/mol. The van der Waals surface area contributed by atoms with Gasteiger partial charge in [0.05, 0.1) is 0 Å². The quantitative estimate of drug-likeness (QED) is 0.233. The van der Waals surface area contributed by atoms with E-state index in [4.69, 9.17) is 15.9 Å². The van der Waals surface area contributed by atoms with Crippen molar-refractivity contribution in [2.75, 3.05) is 0 Å². The molecule has 0 aromatic heterocycles. The number of carboxylic acid groups (broad SMARTS) is 2. The first-order valence-electron chi connectivity index (χ1n) is 9.45. The number of carbonyl (C=O) groups is 2. The minimum absolute atomic E-state index is 0. The molecule has 5 nitrogen and oxygen atoms in total. The van der Waals surface area contributed by atoms with E-state index in [1.165, 1.54) is 70.6 Å². The van der Waals surface area contributed by atoms with Crippen molar-refractivity contribution in [3.63, 3.8) is 0 Å². The van der Waals surface area contributed by atoms with Crippen molar-refractivity contribution in [2.24, 2.45) is 5.73 Å². The van der Waals surface area contributed by atoms with Crippen LogP contribution in [0.3, 0.4) is 0 Å². The van der Waals surface area contributed by atoms with E-state index in [1.807, 2.05) is 0 Å². The van der Waals surface area contributed by atoms with E-state index >= 15 is 0 Å². The molecule has 0 heterocycles. The summed E-state index contributed by atoms with van der Waals surface area (Å²) in [6.45, 7) is 6.14. The zero-order valence-electron chi connectivity index (χ0n) is 16.5. The van der Waals surface area contributed by atoms with Gasteiger partial charge in [-0.1, -0.05) is 77.6 Å². The Morgan fingerprint density at radius 2 is 1.28 bits per heavy atom. The summed E-state index contributed by atoms with van der Waals surface area (Å²) in [5, 5.41) is 16.3. The van der Waals surface area contributed by atoms with Crippen molar-refractivity contribution in [3.8, 4) is 0 Å². The van der Waals surface area contributed by atoms with Gasteiger partial charge in [-0.2, -0.15) is 6.42 Å². The molecule has 0 aromatic rings. The van der Waals surface area contributed by atoms with Crippen LogP contribution in [0.5, 0.6) is 0 Å². The molecular formula is C19H38NNaO4. The molecule has 0 fully saturated rings. The van der Waals surface area contributed by atoms with E-state index in [9.17, 15) is 9.59 Å². The molecule has 0 aliphatic heterocycles. The smallest absolute Gasteiger partial charge is 0.481 e. The first-order valence-corrected chi connectivity index (χ1v) is 9.45. The predicted octanol–water partition coefficient (Wildman–Crippen LogP) is 1.79. The van der Waals surface area contributed by atoms with Crippen LogP contribution in [-0.2, 0) is 9.59 Å². The zero-order valence-corrected chi connectivity index (χ0v) is 18.5. The number of nitrogens with two attached hydrogens (primary N) is 1. The van der Waals surface area contributed by atoms with E-state index in [2.05, 4.69) is 13.8 Å². The molecule has 0 rings (SSSR count). The van der Waals surface area contributed by atoms with Crippen molar-refractivity contribution < 1.29 is 49.4 Å². The third kappa shape index (κ3) is 28.9. The van der Waals surface area contributed by atoms with Gasteiger partial charge in [0.15, 0.2) is 0 Å². The van der Waals surface area contributed by atoms with Gasteiger partial charge in [-0.3, -0.25) is 9.59 Å². The summed E-state index contributed by atoms with van der Waals surface area (Å²) in [6, 6.07) is -1.06. The van der Waals surface area contributed by atoms with Crippen LogP contribution in [0.1, 0.15) is 96.8 Å². The van der Waals surface area contributed by atoms with E-state index in [1.54, 1.807) is 0 Å². The maximum Gasteiger partial charge on any atom is 1.00 e. The Hall–Kier alpha value is -0.100. The van der Waals surface area contributed by atoms with Gasteiger partial charge >= 0.3 is 41.5 Å². The van der Waals surface area contributed by atoms with Crippen LogP contribution in [0, 0.1) is 6.92 Å². The minimum atomic E-state index is -1.17. The minimum Gasteiger partial charge on any atom is -0.481 e. The second-order valence-electron chi connectivity index (χ2n) is 6.27. The molecule has 0 saturated heterocycles. The molecule has 1 unspecified atom stereocenters. The predicted molar refractivity (Wildman–Crippen MR) is 98.9 cm³/mol. The monoisotopic (exact) mass is 367 g/mol.